The number of benzene rings is 1. The van der Waals surface area contributed by atoms with Crippen LogP contribution < -0.4 is 5.32 Å². The minimum atomic E-state index is 0.234. The van der Waals surface area contributed by atoms with E-state index in [0.29, 0.717) is 0 Å². The van der Waals surface area contributed by atoms with Gasteiger partial charge in [-0.15, -0.1) is 0 Å². The average molecular weight is 260 g/mol. The number of hydrogen-bond donors (Lipinski definition) is 1. The molecule has 3 heteroatoms. The lowest BCUT2D eigenvalue weighted by Crippen LogP contribution is -2.26. The molecule has 18 heavy (non-hydrogen) atoms. The number of thioether (sulfide) groups is 1. The Morgan fingerprint density at radius 1 is 1.28 bits per heavy atom. The molecule has 0 atom stereocenters. The number of nitrogens with zero attached hydrogens (tertiary/aromatic N) is 1. The molecule has 0 bridgehead atoms. The summed E-state index contributed by atoms with van der Waals surface area (Å²) in [7, 11) is 0. The first-order valence-electron chi connectivity index (χ1n) is 6.17. The number of para-hydroxylation sites is 1. The maximum absolute atomic E-state index is 4.56. The van der Waals surface area contributed by atoms with Crippen molar-refractivity contribution in [2.45, 2.75) is 25.5 Å². The Morgan fingerprint density at radius 3 is 2.72 bits per heavy atom. The first-order valence-corrected chi connectivity index (χ1v) is 7.40. The number of nitrogens with one attached hydrogen (secondary N) is 1. The Hall–Kier alpha value is -1.22. The van der Waals surface area contributed by atoms with E-state index in [1.165, 1.54) is 11.1 Å². The first kappa shape index (κ1) is 13.2. The van der Waals surface area contributed by atoms with E-state index in [4.69, 9.17) is 0 Å². The Balaban J connectivity index is 2.33. The lowest BCUT2D eigenvalue weighted by molar-refractivity contribution is 0.753. The molecule has 1 aromatic carbocycles. The van der Waals surface area contributed by atoms with Crippen LogP contribution >= 0.6 is 11.8 Å². The molecule has 96 valence electrons. The smallest absolute Gasteiger partial charge is 0.0725 e. The predicted octanol–water partition coefficient (Wildman–Crippen LogP) is 4.10. The normalized spacial score (nSPS) is 11.8. The van der Waals surface area contributed by atoms with Gasteiger partial charge in [0.1, 0.15) is 0 Å². The van der Waals surface area contributed by atoms with Gasteiger partial charge in [0.2, 0.25) is 0 Å². The van der Waals surface area contributed by atoms with Gasteiger partial charge in [-0.3, -0.25) is 4.98 Å². The molecular formula is C15H20N2S. The summed E-state index contributed by atoms with van der Waals surface area (Å²) in [6.07, 6.45) is 2.15. The van der Waals surface area contributed by atoms with Crippen molar-refractivity contribution < 1.29 is 0 Å². The Bertz CT molecular complexity index is 549. The fourth-order valence-electron chi connectivity index (χ4n) is 1.83. The van der Waals surface area contributed by atoms with E-state index >= 15 is 0 Å². The van der Waals surface area contributed by atoms with Crippen LogP contribution in [0.25, 0.3) is 10.9 Å². The Morgan fingerprint density at radius 2 is 2.00 bits per heavy atom. The molecule has 2 aromatic rings. The largest absolute Gasteiger partial charge is 0.383 e. The SMILES string of the molecule is CSC(C)(C)CNc1cc(C)nc2ccccc12. The van der Waals surface area contributed by atoms with Crippen molar-refractivity contribution in [3.8, 4) is 0 Å². The van der Waals surface area contributed by atoms with Crippen LogP contribution in [0.5, 0.6) is 0 Å². The molecule has 2 nitrogen and oxygen atoms in total. The van der Waals surface area contributed by atoms with Crippen LogP contribution in [0.4, 0.5) is 5.69 Å². The van der Waals surface area contributed by atoms with Crippen LogP contribution in [0.3, 0.4) is 0 Å². The van der Waals surface area contributed by atoms with Crippen LogP contribution in [0.15, 0.2) is 30.3 Å². The summed E-state index contributed by atoms with van der Waals surface area (Å²) in [6.45, 7) is 7.49. The van der Waals surface area contributed by atoms with Crippen molar-refractivity contribution in [3.63, 3.8) is 0 Å². The quantitative estimate of drug-likeness (QED) is 0.896. The molecule has 0 saturated carbocycles. The second-order valence-electron chi connectivity index (χ2n) is 5.15. The number of pyridine rings is 1. The van der Waals surface area contributed by atoms with Gasteiger partial charge in [-0.25, -0.2) is 0 Å². The second-order valence-corrected chi connectivity index (χ2v) is 6.66. The minimum absolute atomic E-state index is 0.234. The Labute approximate surface area is 113 Å². The zero-order valence-corrected chi connectivity index (χ0v) is 12.3. The highest BCUT2D eigenvalue weighted by Crippen LogP contribution is 2.26. The van der Waals surface area contributed by atoms with Gasteiger partial charge < -0.3 is 5.32 Å². The lowest BCUT2D eigenvalue weighted by Gasteiger charge is -2.23. The summed E-state index contributed by atoms with van der Waals surface area (Å²) in [5.41, 5.74) is 3.29. The van der Waals surface area contributed by atoms with Crippen LogP contribution in [0, 0.1) is 6.92 Å². The van der Waals surface area contributed by atoms with Crippen molar-refractivity contribution in [3.05, 3.63) is 36.0 Å². The van der Waals surface area contributed by atoms with Gasteiger partial charge in [0.05, 0.1) is 5.52 Å². The van der Waals surface area contributed by atoms with Gasteiger partial charge in [-0.2, -0.15) is 11.8 Å². The average Bonchev–Trinajstić information content (AvgIpc) is 2.36. The fraction of sp³-hybridized carbons (Fsp3) is 0.400. The predicted molar refractivity (Wildman–Crippen MR) is 82.6 cm³/mol. The van der Waals surface area contributed by atoms with E-state index in [-0.39, 0.29) is 4.75 Å². The van der Waals surface area contributed by atoms with Crippen molar-refractivity contribution in [1.82, 2.24) is 4.98 Å². The third-order valence-electron chi connectivity index (χ3n) is 3.10. The number of hydrogen-bond acceptors (Lipinski definition) is 3. The molecule has 0 radical (unpaired) electrons. The number of rotatable bonds is 4. The second kappa shape index (κ2) is 5.19. The third kappa shape index (κ3) is 2.96. The zero-order valence-electron chi connectivity index (χ0n) is 11.4. The molecular weight excluding hydrogens is 240 g/mol. The maximum atomic E-state index is 4.56. The van der Waals surface area contributed by atoms with Gasteiger partial charge in [0.25, 0.3) is 0 Å². The van der Waals surface area contributed by atoms with Gasteiger partial charge in [0.15, 0.2) is 0 Å². The van der Waals surface area contributed by atoms with Crippen molar-refractivity contribution in [1.29, 1.82) is 0 Å². The summed E-state index contributed by atoms with van der Waals surface area (Å²) in [6, 6.07) is 10.4. The summed E-state index contributed by atoms with van der Waals surface area (Å²) in [5.74, 6) is 0. The van der Waals surface area contributed by atoms with Gasteiger partial charge in [-0.05, 0) is 39.2 Å². The molecule has 0 aliphatic heterocycles. The van der Waals surface area contributed by atoms with E-state index in [1.807, 2.05) is 24.8 Å². The number of anilines is 1. The third-order valence-corrected chi connectivity index (χ3v) is 4.35. The summed E-state index contributed by atoms with van der Waals surface area (Å²) in [4.78, 5) is 4.56. The molecule has 1 heterocycles. The molecule has 1 aromatic heterocycles. The molecule has 0 amide bonds. The highest BCUT2D eigenvalue weighted by molar-refractivity contribution is 7.99. The van der Waals surface area contributed by atoms with E-state index in [1.54, 1.807) is 0 Å². The van der Waals surface area contributed by atoms with Gasteiger partial charge in [-0.1, -0.05) is 18.2 Å². The Kier molecular flexibility index (Phi) is 3.81. The molecule has 0 aliphatic rings. The van der Waals surface area contributed by atoms with E-state index in [2.05, 4.69) is 54.7 Å². The molecule has 0 spiro atoms. The summed E-state index contributed by atoms with van der Waals surface area (Å²) < 4.78 is 0.234. The summed E-state index contributed by atoms with van der Waals surface area (Å²) in [5, 5.41) is 4.75. The maximum Gasteiger partial charge on any atom is 0.0725 e. The molecule has 0 fully saturated rings. The van der Waals surface area contributed by atoms with Crippen LogP contribution in [0.2, 0.25) is 0 Å². The van der Waals surface area contributed by atoms with Gasteiger partial charge >= 0.3 is 0 Å². The van der Waals surface area contributed by atoms with Crippen LogP contribution in [-0.2, 0) is 0 Å². The van der Waals surface area contributed by atoms with Crippen molar-refractivity contribution in [2.75, 3.05) is 18.1 Å². The zero-order chi connectivity index (χ0) is 13.2. The van der Waals surface area contributed by atoms with Crippen molar-refractivity contribution >= 4 is 28.4 Å². The summed E-state index contributed by atoms with van der Waals surface area (Å²) >= 11 is 1.88. The lowest BCUT2D eigenvalue weighted by atomic mass is 10.1. The highest BCUT2D eigenvalue weighted by atomic mass is 32.2. The number of aryl methyl sites for hydroxylation is 1. The number of fused-ring (bicyclic) bond motifs is 1. The van der Waals surface area contributed by atoms with Crippen molar-refractivity contribution in [2.24, 2.45) is 0 Å². The topological polar surface area (TPSA) is 24.9 Å². The molecule has 1 N–H and O–H groups in total. The van der Waals surface area contributed by atoms with Crippen LogP contribution in [-0.4, -0.2) is 22.5 Å². The standard InChI is InChI=1S/C15H20N2S/c1-11-9-14(16-10-15(2,3)18-4)12-7-5-6-8-13(12)17-11/h5-9H,10H2,1-4H3,(H,16,17). The first-order chi connectivity index (χ1) is 8.52. The van der Waals surface area contributed by atoms with Gasteiger partial charge in [0, 0.05) is 28.1 Å². The monoisotopic (exact) mass is 260 g/mol. The molecule has 0 aliphatic carbocycles. The van der Waals surface area contributed by atoms with E-state index < -0.39 is 0 Å². The van der Waals surface area contributed by atoms with Crippen LogP contribution in [0.1, 0.15) is 19.5 Å². The fourth-order valence-corrected chi connectivity index (χ4v) is 2.05. The molecule has 0 unspecified atom stereocenters. The molecule has 2 rings (SSSR count). The molecule has 0 saturated heterocycles. The minimum Gasteiger partial charge on any atom is -0.383 e. The number of aromatic nitrogens is 1. The van der Waals surface area contributed by atoms with E-state index in [0.717, 1.165) is 17.8 Å². The highest BCUT2D eigenvalue weighted by Gasteiger charge is 2.16. The van der Waals surface area contributed by atoms with E-state index in [9.17, 15) is 0 Å².